The zero-order valence-corrected chi connectivity index (χ0v) is 23.8. The van der Waals surface area contributed by atoms with Crippen molar-refractivity contribution in [2.24, 2.45) is 0 Å². The molecule has 0 saturated carbocycles. The molecule has 3 aromatic carbocycles. The predicted octanol–water partition coefficient (Wildman–Crippen LogP) is 8.48. The van der Waals surface area contributed by atoms with E-state index in [1.807, 2.05) is 6.07 Å². The number of anilines is 2. The monoisotopic (exact) mass is 729 g/mol. The van der Waals surface area contributed by atoms with E-state index in [-0.39, 0.29) is 40.2 Å². The second-order valence-electron chi connectivity index (χ2n) is 8.59. The third-order valence-corrected chi connectivity index (χ3v) is 7.28. The fraction of sp³-hybridized carbons (Fsp3) is 0.192. The first-order chi connectivity index (χ1) is 19.3. The minimum Gasteiger partial charge on any atom is -0.311 e. The minimum atomic E-state index is -6.89. The summed E-state index contributed by atoms with van der Waals surface area (Å²) in [6, 6.07) is 13.7. The molecule has 0 spiro atoms. The summed E-state index contributed by atoms with van der Waals surface area (Å²) in [6.07, 6.45) is -13.6. The predicted molar refractivity (Wildman–Crippen MR) is 140 cm³/mol. The van der Waals surface area contributed by atoms with Gasteiger partial charge in [-0.2, -0.15) is 40.4 Å². The second kappa shape index (κ2) is 11.6. The van der Waals surface area contributed by atoms with E-state index in [0.717, 1.165) is 4.90 Å². The van der Waals surface area contributed by atoms with Gasteiger partial charge in [-0.15, -0.1) is 0 Å². The highest BCUT2D eigenvalue weighted by Crippen LogP contribution is 2.58. The van der Waals surface area contributed by atoms with Gasteiger partial charge in [-0.05, 0) is 64.5 Å². The smallest absolute Gasteiger partial charge is 0.311 e. The summed E-state index contributed by atoms with van der Waals surface area (Å²) in [4.78, 5) is 27.2. The Labute approximate surface area is 248 Å². The molecule has 0 aliphatic rings. The average Bonchev–Trinajstić information content (AvgIpc) is 2.93. The van der Waals surface area contributed by atoms with Gasteiger partial charge in [0, 0.05) is 33.9 Å². The van der Waals surface area contributed by atoms with Crippen molar-refractivity contribution in [1.29, 1.82) is 5.26 Å². The molecular formula is C26H14Br2F9N3O2. The van der Waals surface area contributed by atoms with Crippen molar-refractivity contribution >= 4 is 55.3 Å². The molecule has 0 N–H and O–H groups in total. The van der Waals surface area contributed by atoms with Crippen LogP contribution in [-0.4, -0.2) is 37.1 Å². The van der Waals surface area contributed by atoms with Crippen LogP contribution in [-0.2, 0) is 5.67 Å². The first kappa shape index (κ1) is 32.9. The first-order valence-corrected chi connectivity index (χ1v) is 12.7. The molecule has 16 heteroatoms. The van der Waals surface area contributed by atoms with E-state index in [1.165, 1.54) is 55.6 Å². The van der Waals surface area contributed by atoms with Crippen LogP contribution in [0.2, 0.25) is 0 Å². The summed E-state index contributed by atoms with van der Waals surface area (Å²) in [5.74, 6) is -8.32. The van der Waals surface area contributed by atoms with E-state index in [2.05, 4.69) is 32.1 Å². The Bertz CT molecular complexity index is 1570. The van der Waals surface area contributed by atoms with Crippen molar-refractivity contribution in [3.05, 3.63) is 93.5 Å². The van der Waals surface area contributed by atoms with Gasteiger partial charge in [-0.3, -0.25) is 9.59 Å². The number of carbonyl (C=O) groups excluding carboxylic acids is 2. The largest absolute Gasteiger partial charge is 0.457 e. The molecule has 222 valence electrons. The number of benzene rings is 3. The van der Waals surface area contributed by atoms with E-state index in [0.29, 0.717) is 9.99 Å². The van der Waals surface area contributed by atoms with E-state index < -0.39 is 45.8 Å². The lowest BCUT2D eigenvalue weighted by molar-refractivity contribution is -0.389. The Balaban J connectivity index is 1.95. The highest BCUT2D eigenvalue weighted by molar-refractivity contribution is 9.11. The number of rotatable bonds is 6. The van der Waals surface area contributed by atoms with E-state index >= 15 is 0 Å². The third-order valence-electron chi connectivity index (χ3n) is 5.94. The molecule has 0 radical (unpaired) electrons. The van der Waals surface area contributed by atoms with Crippen LogP contribution in [0.4, 0.5) is 50.9 Å². The molecule has 3 aromatic rings. The summed E-state index contributed by atoms with van der Waals surface area (Å²) in [6.45, 7) is 0. The lowest BCUT2D eigenvalue weighted by atomic mass is 9.87. The van der Waals surface area contributed by atoms with Crippen molar-refractivity contribution in [3.63, 3.8) is 0 Å². The summed E-state index contributed by atoms with van der Waals surface area (Å²) in [7, 11) is 1.38. The van der Waals surface area contributed by atoms with Crippen LogP contribution in [0.3, 0.4) is 0 Å². The van der Waals surface area contributed by atoms with Gasteiger partial charge >= 0.3 is 23.9 Å². The van der Waals surface area contributed by atoms with Gasteiger partial charge in [-0.1, -0.05) is 18.2 Å². The van der Waals surface area contributed by atoms with Gasteiger partial charge in [0.2, 0.25) is 0 Å². The Kier molecular flexibility index (Phi) is 9.09. The normalized spacial score (nSPS) is 13.6. The molecule has 0 heterocycles. The zero-order chi connectivity index (χ0) is 31.8. The minimum absolute atomic E-state index is 0.0486. The summed E-state index contributed by atoms with van der Waals surface area (Å²) in [5, 5.41) is 9.05. The maximum atomic E-state index is 14.8. The molecule has 3 rings (SSSR count). The highest BCUT2D eigenvalue weighted by Gasteiger charge is 2.81. The molecule has 1 atom stereocenters. The summed E-state index contributed by atoms with van der Waals surface area (Å²) < 4.78 is 121. The first-order valence-electron chi connectivity index (χ1n) is 11.2. The number of nitrogens with zero attached hydrogens (tertiary/aromatic N) is 3. The van der Waals surface area contributed by atoms with Crippen LogP contribution in [0, 0.1) is 11.3 Å². The SMILES string of the molecule is CN(C(=O)c1cccc(C#N)c1)c1cccc(C(=O)N(Br)c2ccc(C(F)(C(F)(F)F)C(F)(F)C(F)(F)F)cc2Br)c1. The average molecular weight is 731 g/mol. The molecule has 42 heavy (non-hydrogen) atoms. The van der Waals surface area contributed by atoms with Crippen molar-refractivity contribution in [1.82, 2.24) is 0 Å². The molecule has 0 aliphatic heterocycles. The fourth-order valence-corrected chi connectivity index (χ4v) is 5.01. The molecule has 0 fully saturated rings. The Hall–Kier alpha value is -3.58. The molecule has 5 nitrogen and oxygen atoms in total. The third kappa shape index (κ3) is 5.84. The molecule has 2 amide bonds. The number of carbonyl (C=O) groups is 2. The molecule has 0 aliphatic carbocycles. The highest BCUT2D eigenvalue weighted by atomic mass is 79.9. The van der Waals surface area contributed by atoms with Crippen LogP contribution >= 0.6 is 32.1 Å². The van der Waals surface area contributed by atoms with E-state index in [4.69, 9.17) is 5.26 Å². The number of amides is 2. The van der Waals surface area contributed by atoms with E-state index in [1.54, 1.807) is 0 Å². The van der Waals surface area contributed by atoms with Crippen LogP contribution in [0.1, 0.15) is 31.8 Å². The number of nitriles is 1. The molecule has 0 aromatic heterocycles. The van der Waals surface area contributed by atoms with Crippen LogP contribution in [0.25, 0.3) is 0 Å². The standard InChI is InChI=1S/C26H14Br2F9N3O2/c1-39(21(41)15-5-2-4-14(10-15)13-38)18-7-3-6-16(11-18)22(42)40(28)20-9-8-17(12-19(20)27)23(29,25(32,33)34)24(30,31)26(35,36)37/h2-12H,1H3. The Morgan fingerprint density at radius 3 is 1.88 bits per heavy atom. The van der Waals surface area contributed by atoms with Gasteiger partial charge in [0.1, 0.15) is 0 Å². The van der Waals surface area contributed by atoms with Crippen molar-refractivity contribution in [3.8, 4) is 6.07 Å². The van der Waals surface area contributed by atoms with Gasteiger partial charge < -0.3 is 4.90 Å². The molecular weight excluding hydrogens is 717 g/mol. The maximum absolute atomic E-state index is 14.8. The number of halogens is 11. The summed E-state index contributed by atoms with van der Waals surface area (Å²) in [5.41, 5.74) is -8.12. The van der Waals surface area contributed by atoms with Gasteiger partial charge in [0.05, 0.1) is 33.5 Å². The van der Waals surface area contributed by atoms with Crippen LogP contribution in [0.5, 0.6) is 0 Å². The summed E-state index contributed by atoms with van der Waals surface area (Å²) >= 11 is 5.57. The molecule has 1 unspecified atom stereocenters. The number of alkyl halides is 9. The zero-order valence-electron chi connectivity index (χ0n) is 20.7. The van der Waals surface area contributed by atoms with Gasteiger partial charge in [0.25, 0.3) is 11.8 Å². The van der Waals surface area contributed by atoms with Gasteiger partial charge in [0.15, 0.2) is 0 Å². The lowest BCUT2D eigenvalue weighted by Crippen LogP contribution is -2.59. The molecule has 0 bridgehead atoms. The topological polar surface area (TPSA) is 64.4 Å². The Morgan fingerprint density at radius 1 is 0.786 bits per heavy atom. The quantitative estimate of drug-likeness (QED) is 0.189. The number of hydrogen-bond acceptors (Lipinski definition) is 3. The van der Waals surface area contributed by atoms with Crippen molar-refractivity contribution in [2.75, 3.05) is 15.9 Å². The lowest BCUT2D eigenvalue weighted by Gasteiger charge is -2.36. The number of hydrogen-bond donors (Lipinski definition) is 0. The van der Waals surface area contributed by atoms with Gasteiger partial charge in [-0.25, -0.2) is 8.32 Å². The van der Waals surface area contributed by atoms with Crippen molar-refractivity contribution < 1.29 is 49.1 Å². The van der Waals surface area contributed by atoms with Crippen molar-refractivity contribution in [2.45, 2.75) is 23.9 Å². The van der Waals surface area contributed by atoms with Crippen LogP contribution in [0.15, 0.2) is 71.2 Å². The van der Waals surface area contributed by atoms with Crippen LogP contribution < -0.4 is 8.83 Å². The molecule has 0 saturated heterocycles. The Morgan fingerprint density at radius 2 is 1.36 bits per heavy atom. The second-order valence-corrected chi connectivity index (χ2v) is 10.2. The maximum Gasteiger partial charge on any atom is 0.457 e. The fourth-order valence-electron chi connectivity index (χ4n) is 3.70. The van der Waals surface area contributed by atoms with E-state index in [9.17, 15) is 49.1 Å².